The zero-order valence-corrected chi connectivity index (χ0v) is 14.2. The maximum atomic E-state index is 12.5. The van der Waals surface area contributed by atoms with E-state index in [0.717, 1.165) is 0 Å². The molecule has 2 aromatic carbocycles. The summed E-state index contributed by atoms with van der Waals surface area (Å²) in [6.07, 6.45) is 0.0822. The van der Waals surface area contributed by atoms with Crippen LogP contribution in [-0.2, 0) is 9.59 Å². The van der Waals surface area contributed by atoms with Crippen LogP contribution in [0.15, 0.2) is 42.5 Å². The molecule has 0 saturated carbocycles. The number of ether oxygens (including phenoxy) is 2. The number of hydrogen-bond acceptors (Lipinski definition) is 5. The maximum absolute atomic E-state index is 12.5. The number of rotatable bonds is 4. The van der Waals surface area contributed by atoms with Crippen molar-refractivity contribution >= 4 is 29.2 Å². The Hall–Kier alpha value is -3.55. The number of anilines is 2. The molecular formula is C19H16N2O6. The zero-order valence-electron chi connectivity index (χ0n) is 14.2. The van der Waals surface area contributed by atoms with Crippen LogP contribution in [0.1, 0.15) is 16.8 Å². The van der Waals surface area contributed by atoms with Crippen molar-refractivity contribution in [2.24, 2.45) is 5.92 Å². The molecule has 0 spiro atoms. The predicted octanol–water partition coefficient (Wildman–Crippen LogP) is 2.11. The summed E-state index contributed by atoms with van der Waals surface area (Å²) < 4.78 is 10.6. The largest absolute Gasteiger partial charge is 0.478 e. The molecule has 8 heteroatoms. The first-order valence-corrected chi connectivity index (χ1v) is 8.35. The molecule has 1 saturated heterocycles. The van der Waals surface area contributed by atoms with Crippen molar-refractivity contribution in [1.29, 1.82) is 0 Å². The summed E-state index contributed by atoms with van der Waals surface area (Å²) in [4.78, 5) is 37.5. The Labute approximate surface area is 154 Å². The number of fused-ring (bicyclic) bond motifs is 1. The monoisotopic (exact) mass is 368 g/mol. The van der Waals surface area contributed by atoms with Gasteiger partial charge < -0.3 is 24.8 Å². The van der Waals surface area contributed by atoms with Gasteiger partial charge in [-0.25, -0.2) is 4.79 Å². The number of benzene rings is 2. The smallest absolute Gasteiger partial charge is 0.335 e. The molecule has 2 heterocycles. The van der Waals surface area contributed by atoms with Gasteiger partial charge >= 0.3 is 5.97 Å². The lowest BCUT2D eigenvalue weighted by molar-refractivity contribution is -0.122. The lowest BCUT2D eigenvalue weighted by Crippen LogP contribution is -2.28. The standard InChI is InChI=1S/C19H16N2O6/c22-17-7-12(18(23)20-13-3-1-2-11(6-13)19(24)25)9-21(17)14-4-5-15-16(8-14)27-10-26-15/h1-6,8,12H,7,9-10H2,(H,20,23)(H,24,25). The quantitative estimate of drug-likeness (QED) is 0.856. The molecule has 2 amide bonds. The van der Waals surface area contributed by atoms with Crippen LogP contribution in [0.25, 0.3) is 0 Å². The van der Waals surface area contributed by atoms with Gasteiger partial charge in [0, 0.05) is 30.4 Å². The topological polar surface area (TPSA) is 105 Å². The molecule has 1 unspecified atom stereocenters. The fourth-order valence-electron chi connectivity index (χ4n) is 3.16. The van der Waals surface area contributed by atoms with Crippen LogP contribution < -0.4 is 19.7 Å². The minimum Gasteiger partial charge on any atom is -0.478 e. The summed E-state index contributed by atoms with van der Waals surface area (Å²) >= 11 is 0. The summed E-state index contributed by atoms with van der Waals surface area (Å²) in [6, 6.07) is 11.2. The first-order chi connectivity index (χ1) is 13.0. The van der Waals surface area contributed by atoms with Crippen LogP contribution in [0.2, 0.25) is 0 Å². The number of carbonyl (C=O) groups excluding carboxylic acids is 2. The van der Waals surface area contributed by atoms with Crippen LogP contribution >= 0.6 is 0 Å². The van der Waals surface area contributed by atoms with E-state index in [1.807, 2.05) is 0 Å². The Morgan fingerprint density at radius 1 is 1.11 bits per heavy atom. The molecule has 2 aromatic rings. The number of carbonyl (C=O) groups is 3. The Balaban J connectivity index is 1.46. The lowest BCUT2D eigenvalue weighted by Gasteiger charge is -2.17. The second-order valence-electron chi connectivity index (χ2n) is 6.32. The number of carboxylic acids is 1. The molecule has 1 fully saturated rings. The van der Waals surface area contributed by atoms with E-state index in [1.165, 1.54) is 12.1 Å². The Morgan fingerprint density at radius 2 is 1.93 bits per heavy atom. The van der Waals surface area contributed by atoms with E-state index in [-0.39, 0.29) is 37.1 Å². The average Bonchev–Trinajstić information content (AvgIpc) is 3.27. The number of amides is 2. The van der Waals surface area contributed by atoms with E-state index in [0.29, 0.717) is 22.9 Å². The van der Waals surface area contributed by atoms with E-state index in [4.69, 9.17) is 14.6 Å². The van der Waals surface area contributed by atoms with E-state index >= 15 is 0 Å². The van der Waals surface area contributed by atoms with Gasteiger partial charge in [-0.15, -0.1) is 0 Å². The first kappa shape index (κ1) is 16.9. The SMILES string of the molecule is O=C(O)c1cccc(NC(=O)C2CC(=O)N(c3ccc4c(c3)OCO4)C2)c1. The van der Waals surface area contributed by atoms with E-state index in [9.17, 15) is 14.4 Å². The van der Waals surface area contributed by atoms with Crippen LogP contribution in [0.3, 0.4) is 0 Å². The lowest BCUT2D eigenvalue weighted by atomic mass is 10.1. The third-order valence-corrected chi connectivity index (χ3v) is 4.54. The maximum Gasteiger partial charge on any atom is 0.335 e. The molecule has 138 valence electrons. The highest BCUT2D eigenvalue weighted by Gasteiger charge is 2.35. The minimum absolute atomic E-state index is 0.0808. The summed E-state index contributed by atoms with van der Waals surface area (Å²) in [5, 5.41) is 11.7. The summed E-state index contributed by atoms with van der Waals surface area (Å²) in [6.45, 7) is 0.385. The Bertz CT molecular complexity index is 942. The predicted molar refractivity (Wildman–Crippen MR) is 95.1 cm³/mol. The van der Waals surface area contributed by atoms with Gasteiger partial charge in [-0.05, 0) is 30.3 Å². The molecule has 4 rings (SSSR count). The van der Waals surface area contributed by atoms with Crippen LogP contribution in [0.5, 0.6) is 11.5 Å². The van der Waals surface area contributed by atoms with Crippen molar-refractivity contribution in [2.75, 3.05) is 23.6 Å². The second-order valence-corrected chi connectivity index (χ2v) is 6.32. The fourth-order valence-corrected chi connectivity index (χ4v) is 3.16. The molecule has 0 radical (unpaired) electrons. The van der Waals surface area contributed by atoms with Gasteiger partial charge in [-0.1, -0.05) is 6.07 Å². The molecule has 0 aliphatic carbocycles. The Kier molecular flexibility index (Phi) is 4.15. The second kappa shape index (κ2) is 6.64. The number of carboxylic acid groups (broad SMARTS) is 1. The van der Waals surface area contributed by atoms with E-state index in [2.05, 4.69) is 5.32 Å². The highest BCUT2D eigenvalue weighted by Crippen LogP contribution is 2.37. The van der Waals surface area contributed by atoms with Crippen molar-refractivity contribution in [1.82, 2.24) is 0 Å². The van der Waals surface area contributed by atoms with Crippen LogP contribution in [0.4, 0.5) is 11.4 Å². The van der Waals surface area contributed by atoms with Crippen molar-refractivity contribution in [3.8, 4) is 11.5 Å². The molecule has 1 atom stereocenters. The van der Waals surface area contributed by atoms with Gasteiger partial charge in [0.1, 0.15) is 0 Å². The number of hydrogen-bond donors (Lipinski definition) is 2. The molecule has 8 nitrogen and oxygen atoms in total. The third kappa shape index (κ3) is 3.29. The van der Waals surface area contributed by atoms with Crippen LogP contribution in [-0.4, -0.2) is 36.2 Å². The first-order valence-electron chi connectivity index (χ1n) is 8.35. The normalized spacial score (nSPS) is 17.9. The minimum atomic E-state index is -1.07. The van der Waals surface area contributed by atoms with Gasteiger partial charge in [0.15, 0.2) is 11.5 Å². The highest BCUT2D eigenvalue weighted by atomic mass is 16.7. The van der Waals surface area contributed by atoms with E-state index < -0.39 is 11.9 Å². The number of nitrogens with one attached hydrogen (secondary N) is 1. The summed E-state index contributed by atoms with van der Waals surface area (Å²) in [5.74, 6) is -0.897. The zero-order chi connectivity index (χ0) is 19.0. The third-order valence-electron chi connectivity index (χ3n) is 4.54. The Morgan fingerprint density at radius 3 is 2.74 bits per heavy atom. The van der Waals surface area contributed by atoms with Gasteiger partial charge in [-0.3, -0.25) is 9.59 Å². The van der Waals surface area contributed by atoms with Crippen molar-refractivity contribution in [3.63, 3.8) is 0 Å². The number of nitrogens with zero attached hydrogens (tertiary/aromatic N) is 1. The van der Waals surface area contributed by atoms with Crippen molar-refractivity contribution in [2.45, 2.75) is 6.42 Å². The molecule has 0 bridgehead atoms. The molecule has 0 aromatic heterocycles. The van der Waals surface area contributed by atoms with E-state index in [1.54, 1.807) is 35.2 Å². The molecule has 2 N–H and O–H groups in total. The van der Waals surface area contributed by atoms with Gasteiger partial charge in [0.25, 0.3) is 0 Å². The average molecular weight is 368 g/mol. The van der Waals surface area contributed by atoms with Crippen molar-refractivity contribution < 1.29 is 29.0 Å². The summed E-state index contributed by atoms with van der Waals surface area (Å²) in [5.41, 5.74) is 1.11. The molecule has 2 aliphatic heterocycles. The molecule has 27 heavy (non-hydrogen) atoms. The summed E-state index contributed by atoms with van der Waals surface area (Å²) in [7, 11) is 0. The van der Waals surface area contributed by atoms with Crippen LogP contribution in [0, 0.1) is 5.92 Å². The number of aromatic carboxylic acids is 1. The van der Waals surface area contributed by atoms with Gasteiger partial charge in [0.05, 0.1) is 11.5 Å². The van der Waals surface area contributed by atoms with Crippen molar-refractivity contribution in [3.05, 3.63) is 48.0 Å². The molecular weight excluding hydrogens is 352 g/mol. The molecule has 2 aliphatic rings. The van der Waals surface area contributed by atoms with Gasteiger partial charge in [-0.2, -0.15) is 0 Å². The highest BCUT2D eigenvalue weighted by molar-refractivity contribution is 6.04. The fraction of sp³-hybridized carbons (Fsp3) is 0.211. The van der Waals surface area contributed by atoms with Gasteiger partial charge in [0.2, 0.25) is 18.6 Å².